The Labute approximate surface area is 178 Å². The van der Waals surface area contributed by atoms with E-state index < -0.39 is 35.4 Å². The van der Waals surface area contributed by atoms with Crippen LogP contribution in [0.2, 0.25) is 0 Å². The highest BCUT2D eigenvalue weighted by molar-refractivity contribution is 6.02. The highest BCUT2D eigenvalue weighted by Crippen LogP contribution is 2.63. The number of allylic oxidation sites excluding steroid dienone is 1. The van der Waals surface area contributed by atoms with Crippen molar-refractivity contribution in [3.8, 4) is 0 Å². The molecule has 8 atom stereocenters. The van der Waals surface area contributed by atoms with Crippen LogP contribution >= 0.6 is 0 Å². The maximum Gasteiger partial charge on any atom is 0.409 e. The summed E-state index contributed by atoms with van der Waals surface area (Å²) in [5.41, 5.74) is -1.96. The van der Waals surface area contributed by atoms with E-state index in [0.717, 1.165) is 6.42 Å². The summed E-state index contributed by atoms with van der Waals surface area (Å²) < 4.78 is 11.7. The number of hydrogen-bond donors (Lipinski definition) is 2. The minimum absolute atomic E-state index is 0.0805. The molecule has 1 amide bonds. The summed E-state index contributed by atoms with van der Waals surface area (Å²) in [4.78, 5) is 27.4. The zero-order valence-corrected chi connectivity index (χ0v) is 18.8. The second kappa shape index (κ2) is 6.78. The van der Waals surface area contributed by atoms with Gasteiger partial charge < -0.3 is 24.6 Å². The molecule has 0 aromatic carbocycles. The molecule has 30 heavy (non-hydrogen) atoms. The van der Waals surface area contributed by atoms with E-state index in [1.54, 1.807) is 21.0 Å². The number of ketones is 1. The van der Waals surface area contributed by atoms with Crippen molar-refractivity contribution in [1.29, 1.82) is 0 Å². The summed E-state index contributed by atoms with van der Waals surface area (Å²) >= 11 is 0. The van der Waals surface area contributed by atoms with Gasteiger partial charge in [0.1, 0.15) is 17.3 Å². The summed E-state index contributed by atoms with van der Waals surface area (Å²) in [6, 6.07) is 0. The molecule has 0 radical (unpaired) electrons. The molecule has 1 spiro atoms. The lowest BCUT2D eigenvalue weighted by molar-refractivity contribution is -0.151. The van der Waals surface area contributed by atoms with Crippen LogP contribution in [-0.4, -0.2) is 71.1 Å². The molecule has 2 saturated carbocycles. The number of carbonyl (C=O) groups excluding carboxylic acids is 2. The van der Waals surface area contributed by atoms with Gasteiger partial charge in [0.25, 0.3) is 0 Å². The number of Topliss-reactive ketones (excluding diaryl/α,β-unsaturated/α-hetero) is 1. The first kappa shape index (κ1) is 21.8. The Hall–Kier alpha value is -1.44. The molecule has 0 bridgehead atoms. The molecule has 1 aliphatic heterocycles. The Balaban J connectivity index is 1.80. The zero-order valence-electron chi connectivity index (χ0n) is 18.8. The van der Waals surface area contributed by atoms with Crippen molar-refractivity contribution < 1.29 is 29.3 Å². The third kappa shape index (κ3) is 3.12. The maximum absolute atomic E-state index is 13.5. The van der Waals surface area contributed by atoms with E-state index in [4.69, 9.17) is 9.47 Å². The number of ether oxygens (including phenoxy) is 2. The number of rotatable bonds is 1. The quantitative estimate of drug-likeness (QED) is 0.630. The van der Waals surface area contributed by atoms with Gasteiger partial charge in [-0.25, -0.2) is 4.79 Å². The molecule has 7 heteroatoms. The number of aliphatic hydroxyl groups is 2. The number of aliphatic hydroxyl groups excluding tert-OH is 1. The number of carbonyl (C=O) groups is 2. The zero-order chi connectivity index (χ0) is 22.2. The van der Waals surface area contributed by atoms with Crippen molar-refractivity contribution in [1.82, 2.24) is 4.90 Å². The van der Waals surface area contributed by atoms with Gasteiger partial charge in [-0.1, -0.05) is 26.8 Å². The van der Waals surface area contributed by atoms with Gasteiger partial charge in [0, 0.05) is 14.1 Å². The van der Waals surface area contributed by atoms with E-state index in [2.05, 4.69) is 13.8 Å². The van der Waals surface area contributed by atoms with Crippen molar-refractivity contribution in [2.24, 2.45) is 29.1 Å². The summed E-state index contributed by atoms with van der Waals surface area (Å²) in [6.45, 7) is 8.36. The van der Waals surface area contributed by atoms with Gasteiger partial charge in [-0.2, -0.15) is 0 Å². The first-order valence-corrected chi connectivity index (χ1v) is 11.0. The molecule has 7 nitrogen and oxygen atoms in total. The van der Waals surface area contributed by atoms with Gasteiger partial charge in [0.15, 0.2) is 5.78 Å². The number of hydrogen-bond acceptors (Lipinski definition) is 6. The van der Waals surface area contributed by atoms with Crippen LogP contribution in [0.1, 0.15) is 47.0 Å². The molecule has 2 N–H and O–H groups in total. The fraction of sp³-hybridized carbons (Fsp3) is 0.826. The average molecular weight is 422 g/mol. The van der Waals surface area contributed by atoms with Crippen molar-refractivity contribution in [3.63, 3.8) is 0 Å². The number of fused-ring (bicyclic) bond motifs is 2. The number of amides is 1. The average Bonchev–Trinajstić information content (AvgIpc) is 3.52. The number of epoxide rings is 1. The lowest BCUT2D eigenvalue weighted by atomic mass is 9.75. The van der Waals surface area contributed by atoms with E-state index in [1.165, 1.54) is 4.90 Å². The Bertz CT molecular complexity index is 785. The molecule has 4 aliphatic rings. The van der Waals surface area contributed by atoms with Crippen LogP contribution in [0.5, 0.6) is 0 Å². The molecule has 0 unspecified atom stereocenters. The summed E-state index contributed by atoms with van der Waals surface area (Å²) in [7, 11) is 3.17. The van der Waals surface area contributed by atoms with Gasteiger partial charge in [0.2, 0.25) is 0 Å². The van der Waals surface area contributed by atoms with E-state index in [1.807, 2.05) is 13.0 Å². The van der Waals surface area contributed by atoms with Crippen LogP contribution in [0.4, 0.5) is 4.79 Å². The summed E-state index contributed by atoms with van der Waals surface area (Å²) in [5, 5.41) is 22.8. The van der Waals surface area contributed by atoms with Gasteiger partial charge in [-0.3, -0.25) is 4.79 Å². The summed E-state index contributed by atoms with van der Waals surface area (Å²) in [5.74, 6) is -0.939. The minimum Gasteiger partial charge on any atom is -0.442 e. The third-order valence-corrected chi connectivity index (χ3v) is 8.29. The predicted molar refractivity (Wildman–Crippen MR) is 110 cm³/mol. The van der Waals surface area contributed by atoms with Crippen LogP contribution in [0.15, 0.2) is 11.6 Å². The second-order valence-electron chi connectivity index (χ2n) is 10.8. The van der Waals surface area contributed by atoms with Crippen molar-refractivity contribution in [2.75, 3.05) is 20.7 Å². The highest BCUT2D eigenvalue weighted by Gasteiger charge is 2.68. The first-order chi connectivity index (χ1) is 13.8. The third-order valence-electron chi connectivity index (χ3n) is 8.29. The summed E-state index contributed by atoms with van der Waals surface area (Å²) in [6.07, 6.45) is 1.24. The largest absolute Gasteiger partial charge is 0.442 e. The Morgan fingerprint density at radius 3 is 2.53 bits per heavy atom. The van der Waals surface area contributed by atoms with E-state index in [-0.39, 0.29) is 29.5 Å². The molecule has 1 saturated heterocycles. The fourth-order valence-corrected chi connectivity index (χ4v) is 6.08. The van der Waals surface area contributed by atoms with Crippen LogP contribution in [0, 0.1) is 29.1 Å². The second-order valence-corrected chi connectivity index (χ2v) is 10.8. The van der Waals surface area contributed by atoms with Crippen molar-refractivity contribution in [2.45, 2.75) is 70.4 Å². The fourth-order valence-electron chi connectivity index (χ4n) is 6.08. The highest BCUT2D eigenvalue weighted by atomic mass is 16.6. The topological polar surface area (TPSA) is 99.6 Å². The molecular weight excluding hydrogens is 386 g/mol. The first-order valence-electron chi connectivity index (χ1n) is 11.0. The van der Waals surface area contributed by atoms with Crippen molar-refractivity contribution in [3.05, 3.63) is 11.6 Å². The smallest absolute Gasteiger partial charge is 0.409 e. The van der Waals surface area contributed by atoms with Crippen LogP contribution in [0.25, 0.3) is 0 Å². The molecule has 1 heterocycles. The number of nitrogens with zero attached hydrogens (tertiary/aromatic N) is 1. The Kier molecular flexibility index (Phi) is 4.92. The monoisotopic (exact) mass is 421 g/mol. The van der Waals surface area contributed by atoms with Gasteiger partial charge in [0.05, 0.1) is 18.6 Å². The molecule has 3 fully saturated rings. The van der Waals surface area contributed by atoms with Gasteiger partial charge >= 0.3 is 6.09 Å². The molecule has 0 aromatic heterocycles. The SMILES string of the molecule is C/C1=C\[C@@H]2[C@H](CC[C@]3(CO3)[C@H](OC(=O)N(C)C)[C@H]3[C@@H](O)[C@@H](C)C[C@]3(O)C1=O)C2(C)C. The molecular formula is C23H35NO6. The minimum atomic E-state index is -1.80. The standard InChI is InChI=1S/C23H35NO6/c1-12-9-15-14(21(15,3)4)7-8-22(11-29-22)19(30-20(27)24(5)6)16-17(25)13(2)10-23(16,28)18(12)26/h9,13-17,19,25,28H,7-8,10-11H2,1-6H3/b12-9+/t13-,14-,15+,16+,17-,19+,22-,23+/m0/s1. The molecule has 0 aromatic rings. The molecule has 3 aliphatic carbocycles. The van der Waals surface area contributed by atoms with E-state index >= 15 is 0 Å². The van der Waals surface area contributed by atoms with E-state index in [9.17, 15) is 19.8 Å². The predicted octanol–water partition coefficient (Wildman–Crippen LogP) is 2.15. The van der Waals surface area contributed by atoms with Crippen molar-refractivity contribution >= 4 is 11.9 Å². The van der Waals surface area contributed by atoms with E-state index in [0.29, 0.717) is 24.5 Å². The lowest BCUT2D eigenvalue weighted by Crippen LogP contribution is -2.56. The Morgan fingerprint density at radius 2 is 1.97 bits per heavy atom. The molecule has 168 valence electrons. The van der Waals surface area contributed by atoms with Crippen LogP contribution in [-0.2, 0) is 14.3 Å². The normalized spacial score (nSPS) is 48.7. The van der Waals surface area contributed by atoms with Gasteiger partial charge in [-0.15, -0.1) is 0 Å². The maximum atomic E-state index is 13.5. The van der Waals surface area contributed by atoms with Crippen LogP contribution in [0.3, 0.4) is 0 Å². The molecule has 4 rings (SSSR count). The Morgan fingerprint density at radius 1 is 1.33 bits per heavy atom. The van der Waals surface area contributed by atoms with Gasteiger partial charge in [-0.05, 0) is 54.9 Å². The lowest BCUT2D eigenvalue weighted by Gasteiger charge is -2.38. The van der Waals surface area contributed by atoms with Crippen LogP contribution < -0.4 is 0 Å².